The second kappa shape index (κ2) is 8.28. The van der Waals surface area contributed by atoms with Gasteiger partial charge in [0.1, 0.15) is 22.7 Å². The van der Waals surface area contributed by atoms with Gasteiger partial charge in [0, 0.05) is 10.9 Å². The van der Waals surface area contributed by atoms with Gasteiger partial charge in [0.05, 0.1) is 30.4 Å². The minimum Gasteiger partial charge on any atom is -0.494 e. The van der Waals surface area contributed by atoms with E-state index < -0.39 is 5.97 Å². The van der Waals surface area contributed by atoms with Gasteiger partial charge in [-0.3, -0.25) is 0 Å². The van der Waals surface area contributed by atoms with Crippen molar-refractivity contribution in [3.05, 3.63) is 65.8 Å². The molecule has 146 valence electrons. The lowest BCUT2D eigenvalue weighted by molar-refractivity contribution is 0.0602. The number of anilines is 2. The van der Waals surface area contributed by atoms with Crippen LogP contribution in [0, 0.1) is 0 Å². The maximum atomic E-state index is 12.1. The lowest BCUT2D eigenvalue weighted by atomic mass is 10.1. The molecule has 0 radical (unpaired) electrons. The molecule has 0 amide bonds. The number of nitrogens with one attached hydrogen (secondary N) is 1. The minimum absolute atomic E-state index is 0.407. The third-order valence-corrected chi connectivity index (χ3v) is 5.32. The summed E-state index contributed by atoms with van der Waals surface area (Å²) >= 11 is 1.55. The molecule has 0 aliphatic heterocycles. The van der Waals surface area contributed by atoms with E-state index in [0.29, 0.717) is 23.7 Å². The van der Waals surface area contributed by atoms with Crippen LogP contribution in [0.3, 0.4) is 0 Å². The first-order chi connectivity index (χ1) is 14.2. The number of aromatic nitrogens is 2. The molecule has 0 saturated heterocycles. The molecular weight excluding hydrogens is 386 g/mol. The van der Waals surface area contributed by atoms with Crippen molar-refractivity contribution in [2.75, 3.05) is 19.0 Å². The van der Waals surface area contributed by atoms with E-state index in [-0.39, 0.29) is 0 Å². The van der Waals surface area contributed by atoms with Crippen LogP contribution in [0.2, 0.25) is 0 Å². The molecule has 4 aromatic rings. The van der Waals surface area contributed by atoms with Crippen molar-refractivity contribution >= 4 is 39.0 Å². The zero-order valence-electron chi connectivity index (χ0n) is 16.0. The lowest BCUT2D eigenvalue weighted by Gasteiger charge is -2.12. The van der Waals surface area contributed by atoms with Crippen LogP contribution in [0.5, 0.6) is 5.75 Å². The molecule has 2 aromatic heterocycles. The molecule has 6 nitrogen and oxygen atoms in total. The second-order valence-electron chi connectivity index (χ2n) is 6.17. The van der Waals surface area contributed by atoms with Crippen molar-refractivity contribution in [1.82, 2.24) is 9.97 Å². The maximum absolute atomic E-state index is 12.1. The van der Waals surface area contributed by atoms with Crippen LogP contribution in [0.15, 0.2) is 60.2 Å². The van der Waals surface area contributed by atoms with Gasteiger partial charge in [-0.1, -0.05) is 24.3 Å². The number of fused-ring (bicyclic) bond motifs is 1. The first kappa shape index (κ1) is 18.9. The Kier molecular flexibility index (Phi) is 5.39. The molecule has 2 aromatic carbocycles. The molecule has 0 atom stereocenters. The Bertz CT molecular complexity index is 1160. The van der Waals surface area contributed by atoms with E-state index in [1.807, 2.05) is 43.3 Å². The van der Waals surface area contributed by atoms with Crippen LogP contribution in [0.1, 0.15) is 17.3 Å². The number of hydrogen-bond donors (Lipinski definition) is 1. The summed E-state index contributed by atoms with van der Waals surface area (Å²) < 4.78 is 10.4. The fraction of sp³-hybridized carbons (Fsp3) is 0.136. The van der Waals surface area contributed by atoms with Crippen LogP contribution in [0.4, 0.5) is 11.5 Å². The summed E-state index contributed by atoms with van der Waals surface area (Å²) in [6.45, 7) is 2.59. The number of nitrogens with zero attached hydrogens (tertiary/aromatic N) is 2. The monoisotopic (exact) mass is 405 g/mol. The fourth-order valence-electron chi connectivity index (χ4n) is 3.09. The van der Waals surface area contributed by atoms with E-state index in [4.69, 9.17) is 9.47 Å². The highest BCUT2D eigenvalue weighted by Crippen LogP contribution is 2.38. The first-order valence-electron chi connectivity index (χ1n) is 9.11. The van der Waals surface area contributed by atoms with E-state index in [1.165, 1.54) is 13.4 Å². The predicted octanol–water partition coefficient (Wildman–Crippen LogP) is 5.29. The summed E-state index contributed by atoms with van der Waals surface area (Å²) in [5, 5.41) is 6.25. The van der Waals surface area contributed by atoms with Crippen molar-refractivity contribution < 1.29 is 14.3 Å². The number of rotatable bonds is 6. The van der Waals surface area contributed by atoms with Gasteiger partial charge in [0.25, 0.3) is 0 Å². The van der Waals surface area contributed by atoms with E-state index in [9.17, 15) is 4.79 Å². The van der Waals surface area contributed by atoms with Gasteiger partial charge in [-0.2, -0.15) is 0 Å². The average Bonchev–Trinajstić information content (AvgIpc) is 3.20. The highest BCUT2D eigenvalue weighted by Gasteiger charge is 2.16. The molecule has 1 N–H and O–H groups in total. The van der Waals surface area contributed by atoms with E-state index >= 15 is 0 Å². The van der Waals surface area contributed by atoms with Gasteiger partial charge in [-0.05, 0) is 36.8 Å². The Balaban J connectivity index is 1.77. The van der Waals surface area contributed by atoms with Crippen molar-refractivity contribution in [1.29, 1.82) is 0 Å². The number of hydrogen-bond acceptors (Lipinski definition) is 7. The molecule has 0 fully saturated rings. The van der Waals surface area contributed by atoms with Crippen molar-refractivity contribution in [3.8, 4) is 16.9 Å². The fourth-order valence-corrected chi connectivity index (χ4v) is 4.00. The van der Waals surface area contributed by atoms with E-state index in [1.54, 1.807) is 23.5 Å². The molecule has 0 aliphatic rings. The molecule has 0 unspecified atom stereocenters. The van der Waals surface area contributed by atoms with Gasteiger partial charge in [0.15, 0.2) is 0 Å². The Morgan fingerprint density at radius 1 is 1.10 bits per heavy atom. The zero-order valence-corrected chi connectivity index (χ0v) is 16.8. The number of para-hydroxylation sites is 1. The quantitative estimate of drug-likeness (QED) is 0.440. The van der Waals surface area contributed by atoms with Gasteiger partial charge in [-0.25, -0.2) is 14.8 Å². The summed E-state index contributed by atoms with van der Waals surface area (Å²) in [7, 11) is 1.37. The highest BCUT2D eigenvalue weighted by molar-refractivity contribution is 7.17. The molecule has 29 heavy (non-hydrogen) atoms. The largest absolute Gasteiger partial charge is 0.494 e. The van der Waals surface area contributed by atoms with E-state index in [0.717, 1.165) is 27.1 Å². The number of benzene rings is 2. The number of esters is 1. The Hall–Kier alpha value is -3.45. The molecule has 0 saturated carbocycles. The smallest absolute Gasteiger partial charge is 0.339 e. The molecular formula is C22H19N3O3S. The van der Waals surface area contributed by atoms with Gasteiger partial charge < -0.3 is 14.8 Å². The number of methoxy groups -OCH3 is 1. The van der Waals surface area contributed by atoms with Gasteiger partial charge in [-0.15, -0.1) is 11.3 Å². The summed E-state index contributed by atoms with van der Waals surface area (Å²) in [5.74, 6) is 1.06. The number of carbonyl (C=O) groups is 1. The highest BCUT2D eigenvalue weighted by atomic mass is 32.1. The minimum atomic E-state index is -0.407. The Morgan fingerprint density at radius 2 is 1.90 bits per heavy atom. The normalized spacial score (nSPS) is 10.7. The third kappa shape index (κ3) is 3.77. The van der Waals surface area contributed by atoms with Gasteiger partial charge >= 0.3 is 5.97 Å². The zero-order chi connectivity index (χ0) is 20.2. The number of thiophene rings is 1. The van der Waals surface area contributed by atoms with Gasteiger partial charge in [0.2, 0.25) is 0 Å². The molecule has 4 rings (SSSR count). The van der Waals surface area contributed by atoms with Crippen LogP contribution < -0.4 is 10.1 Å². The SMILES string of the molecule is CCOc1ccc(-c2csc3ncnc(Nc4ccccc4C(=O)OC)c23)cc1. The molecule has 2 heterocycles. The van der Waals surface area contributed by atoms with Crippen molar-refractivity contribution in [2.45, 2.75) is 6.92 Å². The molecule has 7 heteroatoms. The summed E-state index contributed by atoms with van der Waals surface area (Å²) in [5.41, 5.74) is 3.13. The molecule has 0 aliphatic carbocycles. The van der Waals surface area contributed by atoms with Crippen molar-refractivity contribution in [2.24, 2.45) is 0 Å². The van der Waals surface area contributed by atoms with Crippen LogP contribution in [0.25, 0.3) is 21.3 Å². The molecule has 0 bridgehead atoms. The topological polar surface area (TPSA) is 73.3 Å². The lowest BCUT2D eigenvalue weighted by Crippen LogP contribution is -2.06. The third-order valence-electron chi connectivity index (χ3n) is 4.43. The predicted molar refractivity (Wildman–Crippen MR) is 115 cm³/mol. The number of ether oxygens (including phenoxy) is 2. The standard InChI is InChI=1S/C22H19N3O3S/c1-3-28-15-10-8-14(9-11-15)17-12-29-21-19(17)20(23-13-24-21)25-18-7-5-4-6-16(18)22(26)27-2/h4-13H,3H2,1-2H3,(H,23,24,25). The average molecular weight is 405 g/mol. The maximum Gasteiger partial charge on any atom is 0.339 e. The Morgan fingerprint density at radius 3 is 2.66 bits per heavy atom. The number of carbonyl (C=O) groups excluding carboxylic acids is 1. The second-order valence-corrected chi connectivity index (χ2v) is 7.03. The first-order valence-corrected chi connectivity index (χ1v) is 9.99. The van der Waals surface area contributed by atoms with E-state index in [2.05, 4.69) is 20.7 Å². The van der Waals surface area contributed by atoms with Crippen LogP contribution in [-0.2, 0) is 4.74 Å². The van der Waals surface area contributed by atoms with Crippen molar-refractivity contribution in [3.63, 3.8) is 0 Å². The van der Waals surface area contributed by atoms with Crippen LogP contribution in [-0.4, -0.2) is 29.7 Å². The Labute approximate surface area is 172 Å². The molecule has 0 spiro atoms. The summed E-state index contributed by atoms with van der Waals surface area (Å²) in [6.07, 6.45) is 1.52. The summed E-state index contributed by atoms with van der Waals surface area (Å²) in [6, 6.07) is 15.1. The summed E-state index contributed by atoms with van der Waals surface area (Å²) in [4.78, 5) is 21.8. The van der Waals surface area contributed by atoms with Crippen LogP contribution >= 0.6 is 11.3 Å².